The monoisotopic (exact) mass is 252 g/mol. The maximum Gasteiger partial charge on any atom is 0.0141 e. The molecular formula is C16H32N2. The Morgan fingerprint density at radius 3 is 2.39 bits per heavy atom. The van der Waals surface area contributed by atoms with E-state index in [-0.39, 0.29) is 0 Å². The minimum Gasteiger partial charge on any atom is -0.330 e. The van der Waals surface area contributed by atoms with E-state index in [1.54, 1.807) is 0 Å². The van der Waals surface area contributed by atoms with Crippen molar-refractivity contribution >= 4 is 0 Å². The van der Waals surface area contributed by atoms with Crippen LogP contribution in [-0.2, 0) is 0 Å². The maximum atomic E-state index is 6.03. The van der Waals surface area contributed by atoms with E-state index in [2.05, 4.69) is 18.7 Å². The van der Waals surface area contributed by atoms with Crippen molar-refractivity contribution in [2.24, 2.45) is 17.6 Å². The van der Waals surface area contributed by atoms with Crippen LogP contribution in [0.15, 0.2) is 0 Å². The average molecular weight is 252 g/mol. The molecule has 2 fully saturated rings. The van der Waals surface area contributed by atoms with Crippen LogP contribution >= 0.6 is 0 Å². The van der Waals surface area contributed by atoms with Gasteiger partial charge in [0.1, 0.15) is 0 Å². The fourth-order valence-electron chi connectivity index (χ4n) is 4.27. The standard InChI is InChI=1S/C16H32N2/c1-3-18(15-7-5-4-6-8-15)16-11-13(2)9-10-14(16)12-17/h13-16H,3-12,17H2,1-2H3. The topological polar surface area (TPSA) is 29.3 Å². The van der Waals surface area contributed by atoms with Gasteiger partial charge in [0.2, 0.25) is 0 Å². The molecule has 0 aromatic carbocycles. The van der Waals surface area contributed by atoms with Crippen molar-refractivity contribution < 1.29 is 0 Å². The molecule has 18 heavy (non-hydrogen) atoms. The van der Waals surface area contributed by atoms with Crippen molar-refractivity contribution in [2.45, 2.75) is 77.3 Å². The Kier molecular flexibility index (Phi) is 5.50. The second-order valence-corrected chi connectivity index (χ2v) is 6.60. The van der Waals surface area contributed by atoms with Crippen LogP contribution in [0.1, 0.15) is 65.2 Å². The van der Waals surface area contributed by atoms with E-state index in [1.807, 2.05) is 0 Å². The van der Waals surface area contributed by atoms with Crippen LogP contribution in [0.25, 0.3) is 0 Å². The van der Waals surface area contributed by atoms with Gasteiger partial charge in [-0.1, -0.05) is 39.5 Å². The summed E-state index contributed by atoms with van der Waals surface area (Å²) < 4.78 is 0. The Morgan fingerprint density at radius 2 is 1.78 bits per heavy atom. The third kappa shape index (κ3) is 3.27. The summed E-state index contributed by atoms with van der Waals surface area (Å²) in [6.45, 7) is 6.88. The first-order valence-corrected chi connectivity index (χ1v) is 8.22. The highest BCUT2D eigenvalue weighted by Gasteiger charge is 2.34. The number of hydrogen-bond acceptors (Lipinski definition) is 2. The predicted molar refractivity (Wildman–Crippen MR) is 78.6 cm³/mol. The molecule has 0 spiro atoms. The first-order valence-electron chi connectivity index (χ1n) is 8.22. The fraction of sp³-hybridized carbons (Fsp3) is 1.00. The third-order valence-electron chi connectivity index (χ3n) is 5.36. The quantitative estimate of drug-likeness (QED) is 0.831. The summed E-state index contributed by atoms with van der Waals surface area (Å²) in [5.41, 5.74) is 6.03. The highest BCUT2D eigenvalue weighted by molar-refractivity contribution is 4.89. The summed E-state index contributed by atoms with van der Waals surface area (Å²) in [5, 5.41) is 0. The average Bonchev–Trinajstić information content (AvgIpc) is 2.41. The minimum atomic E-state index is 0.753. The molecule has 0 aromatic heterocycles. The van der Waals surface area contributed by atoms with Gasteiger partial charge < -0.3 is 5.73 Å². The van der Waals surface area contributed by atoms with E-state index in [4.69, 9.17) is 5.73 Å². The van der Waals surface area contributed by atoms with Gasteiger partial charge in [-0.2, -0.15) is 0 Å². The zero-order valence-corrected chi connectivity index (χ0v) is 12.4. The van der Waals surface area contributed by atoms with Gasteiger partial charge >= 0.3 is 0 Å². The van der Waals surface area contributed by atoms with Gasteiger partial charge in [0, 0.05) is 12.1 Å². The second kappa shape index (κ2) is 6.91. The van der Waals surface area contributed by atoms with Crippen LogP contribution in [0, 0.1) is 11.8 Å². The van der Waals surface area contributed by atoms with Crippen LogP contribution in [0.2, 0.25) is 0 Å². The summed E-state index contributed by atoms with van der Waals surface area (Å²) in [4.78, 5) is 2.83. The van der Waals surface area contributed by atoms with Crippen LogP contribution in [-0.4, -0.2) is 30.1 Å². The lowest BCUT2D eigenvalue weighted by Crippen LogP contribution is -2.51. The number of rotatable bonds is 4. The SMILES string of the molecule is CCN(C1CCCCC1)C1CC(C)CCC1CN. The first-order chi connectivity index (χ1) is 8.76. The molecule has 3 unspecified atom stereocenters. The molecule has 0 bridgehead atoms. The van der Waals surface area contributed by atoms with Crippen LogP contribution in [0.3, 0.4) is 0 Å². The Hall–Kier alpha value is -0.0800. The summed E-state index contributed by atoms with van der Waals surface area (Å²) in [7, 11) is 0. The summed E-state index contributed by atoms with van der Waals surface area (Å²) >= 11 is 0. The molecule has 0 radical (unpaired) electrons. The van der Waals surface area contributed by atoms with Crippen molar-refractivity contribution in [2.75, 3.05) is 13.1 Å². The molecule has 0 aromatic rings. The smallest absolute Gasteiger partial charge is 0.0141 e. The van der Waals surface area contributed by atoms with Gasteiger partial charge in [-0.25, -0.2) is 0 Å². The van der Waals surface area contributed by atoms with Gasteiger partial charge in [0.25, 0.3) is 0 Å². The van der Waals surface area contributed by atoms with E-state index in [1.165, 1.54) is 57.9 Å². The molecule has 0 saturated heterocycles. The lowest BCUT2D eigenvalue weighted by molar-refractivity contribution is 0.0395. The normalized spacial score (nSPS) is 35.0. The molecule has 2 nitrogen and oxygen atoms in total. The minimum absolute atomic E-state index is 0.753. The maximum absolute atomic E-state index is 6.03. The Labute approximate surface area is 113 Å². The van der Waals surface area contributed by atoms with Crippen LogP contribution in [0.5, 0.6) is 0 Å². The molecule has 106 valence electrons. The molecular weight excluding hydrogens is 220 g/mol. The van der Waals surface area contributed by atoms with E-state index >= 15 is 0 Å². The molecule has 0 amide bonds. The van der Waals surface area contributed by atoms with Gasteiger partial charge in [0.05, 0.1) is 0 Å². The van der Waals surface area contributed by atoms with E-state index in [0.717, 1.165) is 30.5 Å². The molecule has 0 aliphatic heterocycles. The molecule has 3 atom stereocenters. The lowest BCUT2D eigenvalue weighted by Gasteiger charge is -2.46. The highest BCUT2D eigenvalue weighted by atomic mass is 15.2. The Bertz CT molecular complexity index is 235. The van der Waals surface area contributed by atoms with Crippen LogP contribution in [0.4, 0.5) is 0 Å². The molecule has 2 aliphatic carbocycles. The number of hydrogen-bond donors (Lipinski definition) is 1. The van der Waals surface area contributed by atoms with Crippen molar-refractivity contribution in [1.82, 2.24) is 4.90 Å². The van der Waals surface area contributed by atoms with Gasteiger partial charge in [-0.15, -0.1) is 0 Å². The van der Waals surface area contributed by atoms with Crippen LogP contribution < -0.4 is 5.73 Å². The molecule has 2 rings (SSSR count). The van der Waals surface area contributed by atoms with Crippen molar-refractivity contribution in [1.29, 1.82) is 0 Å². The molecule has 2 aliphatic rings. The molecule has 2 N–H and O–H groups in total. The highest BCUT2D eigenvalue weighted by Crippen LogP contribution is 2.35. The predicted octanol–water partition coefficient (Wildman–Crippen LogP) is 3.40. The van der Waals surface area contributed by atoms with E-state index in [9.17, 15) is 0 Å². The summed E-state index contributed by atoms with van der Waals surface area (Å²) in [6.07, 6.45) is 11.3. The Balaban J connectivity index is 2.03. The van der Waals surface area contributed by atoms with Gasteiger partial charge in [0.15, 0.2) is 0 Å². The zero-order valence-electron chi connectivity index (χ0n) is 12.4. The van der Waals surface area contributed by atoms with Crippen molar-refractivity contribution in [3.63, 3.8) is 0 Å². The summed E-state index contributed by atoms with van der Waals surface area (Å²) in [5.74, 6) is 1.65. The van der Waals surface area contributed by atoms with E-state index in [0.29, 0.717) is 0 Å². The Morgan fingerprint density at radius 1 is 1.06 bits per heavy atom. The summed E-state index contributed by atoms with van der Waals surface area (Å²) in [6, 6.07) is 1.62. The fourth-order valence-corrected chi connectivity index (χ4v) is 4.27. The van der Waals surface area contributed by atoms with Gasteiger partial charge in [-0.05, 0) is 50.6 Å². The number of nitrogens with two attached hydrogens (primary N) is 1. The van der Waals surface area contributed by atoms with Crippen molar-refractivity contribution in [3.8, 4) is 0 Å². The lowest BCUT2D eigenvalue weighted by atomic mass is 9.77. The van der Waals surface area contributed by atoms with E-state index < -0.39 is 0 Å². The van der Waals surface area contributed by atoms with Gasteiger partial charge in [-0.3, -0.25) is 4.90 Å². The van der Waals surface area contributed by atoms with Crippen molar-refractivity contribution in [3.05, 3.63) is 0 Å². The molecule has 2 saturated carbocycles. The second-order valence-electron chi connectivity index (χ2n) is 6.60. The zero-order chi connectivity index (χ0) is 13.0. The molecule has 0 heterocycles. The third-order valence-corrected chi connectivity index (χ3v) is 5.36. The largest absolute Gasteiger partial charge is 0.330 e. The first kappa shape index (κ1) is 14.3. The molecule has 2 heteroatoms. The number of nitrogens with zero attached hydrogens (tertiary/aromatic N) is 1.